The predicted octanol–water partition coefficient (Wildman–Crippen LogP) is 3.13. The van der Waals surface area contributed by atoms with E-state index in [0.29, 0.717) is 5.69 Å². The Morgan fingerprint density at radius 1 is 1.06 bits per heavy atom. The minimum absolute atomic E-state index is 0.0317. The van der Waals surface area contributed by atoms with Crippen LogP contribution in [0.15, 0.2) is 64.5 Å². The van der Waals surface area contributed by atoms with Crippen LogP contribution in [0.1, 0.15) is 38.4 Å². The van der Waals surface area contributed by atoms with E-state index in [9.17, 15) is 18.0 Å². The van der Waals surface area contributed by atoms with Crippen LogP contribution in [0.4, 0.5) is 5.82 Å². The Labute approximate surface area is 197 Å². The Hall–Kier alpha value is -3.04. The van der Waals surface area contributed by atoms with Crippen molar-refractivity contribution in [3.63, 3.8) is 0 Å². The van der Waals surface area contributed by atoms with Crippen LogP contribution in [-0.2, 0) is 25.0 Å². The molecule has 8 nitrogen and oxygen atoms in total. The van der Waals surface area contributed by atoms with E-state index in [1.165, 1.54) is 30.6 Å². The Kier molecular flexibility index (Phi) is 5.66. The molecule has 4 rings (SSSR count). The van der Waals surface area contributed by atoms with E-state index in [2.05, 4.69) is 14.7 Å². The maximum Gasteiger partial charge on any atom is 0.269 e. The average molecular weight is 487 g/mol. The first kappa shape index (κ1) is 23.1. The van der Waals surface area contributed by atoms with Gasteiger partial charge in [0.05, 0.1) is 32.8 Å². The zero-order chi connectivity index (χ0) is 24.1. The average Bonchev–Trinajstić information content (AvgIpc) is 3.01. The standard InChI is InChI=1S/C23H23ClN4O4S/c1-13-20(26-12-11-25-13)28-21(29)18-16(24)9-10-17(19(18)22(28)30)27-33(31,32)15-7-5-14(6-8-15)23(2,3)4/h5-8,10-12,16,27H,9H2,1-4H3. The van der Waals surface area contributed by atoms with Crippen LogP contribution in [0.3, 0.4) is 0 Å². The van der Waals surface area contributed by atoms with Gasteiger partial charge in [-0.25, -0.2) is 18.3 Å². The van der Waals surface area contributed by atoms with E-state index in [0.717, 1.165) is 10.5 Å². The van der Waals surface area contributed by atoms with Crippen molar-refractivity contribution in [3.05, 3.63) is 70.8 Å². The number of halogens is 1. The molecule has 2 heterocycles. The Morgan fingerprint density at radius 2 is 1.70 bits per heavy atom. The highest BCUT2D eigenvalue weighted by Gasteiger charge is 2.46. The number of hydrogen-bond donors (Lipinski definition) is 1. The SMILES string of the molecule is Cc1nccnc1N1C(=O)C2=C(C1=O)C(Cl)CC=C2NS(=O)(=O)c1ccc(C(C)(C)C)cc1. The summed E-state index contributed by atoms with van der Waals surface area (Å²) in [6, 6.07) is 6.55. The molecule has 1 unspecified atom stereocenters. The number of allylic oxidation sites excluding steroid dienone is 1. The highest BCUT2D eigenvalue weighted by atomic mass is 35.5. The third-order valence-corrected chi connectivity index (χ3v) is 7.35. The van der Waals surface area contributed by atoms with Crippen molar-refractivity contribution >= 4 is 39.3 Å². The van der Waals surface area contributed by atoms with Crippen molar-refractivity contribution in [2.75, 3.05) is 4.90 Å². The third-order valence-electron chi connectivity index (χ3n) is 5.57. The van der Waals surface area contributed by atoms with E-state index >= 15 is 0 Å². The normalized spacial score (nSPS) is 19.0. The van der Waals surface area contributed by atoms with E-state index in [4.69, 9.17) is 11.6 Å². The van der Waals surface area contributed by atoms with Gasteiger partial charge in [-0.15, -0.1) is 11.6 Å². The lowest BCUT2D eigenvalue weighted by molar-refractivity contribution is -0.120. The van der Waals surface area contributed by atoms with E-state index in [1.807, 2.05) is 20.8 Å². The van der Waals surface area contributed by atoms with Crippen LogP contribution in [0.5, 0.6) is 0 Å². The molecular formula is C23H23ClN4O4S. The molecule has 2 aromatic rings. The van der Waals surface area contributed by atoms with Crippen molar-refractivity contribution in [3.8, 4) is 0 Å². The molecule has 0 fully saturated rings. The first-order valence-electron chi connectivity index (χ1n) is 10.3. The summed E-state index contributed by atoms with van der Waals surface area (Å²) in [4.78, 5) is 35.5. The van der Waals surface area contributed by atoms with E-state index in [1.54, 1.807) is 19.1 Å². The highest BCUT2D eigenvalue weighted by Crippen LogP contribution is 2.38. The fourth-order valence-corrected chi connectivity index (χ4v) is 5.16. The number of carbonyl (C=O) groups excluding carboxylic acids is 2. The maximum atomic E-state index is 13.3. The molecule has 1 atom stereocenters. The van der Waals surface area contributed by atoms with Gasteiger partial charge < -0.3 is 0 Å². The van der Waals surface area contributed by atoms with Gasteiger partial charge in [-0.1, -0.05) is 39.0 Å². The molecule has 1 aromatic carbocycles. The van der Waals surface area contributed by atoms with Crippen molar-refractivity contribution in [1.29, 1.82) is 0 Å². The molecule has 10 heteroatoms. The molecule has 172 valence electrons. The number of sulfonamides is 1. The van der Waals surface area contributed by atoms with Crippen molar-refractivity contribution in [2.45, 2.75) is 49.8 Å². The number of aryl methyl sites for hydroxylation is 1. The minimum atomic E-state index is -4.02. The van der Waals surface area contributed by atoms with Crippen LogP contribution in [0, 0.1) is 6.92 Å². The first-order valence-corrected chi connectivity index (χ1v) is 12.2. The van der Waals surface area contributed by atoms with Crippen LogP contribution in [0.2, 0.25) is 0 Å². The van der Waals surface area contributed by atoms with Gasteiger partial charge in [-0.3, -0.25) is 19.3 Å². The highest BCUT2D eigenvalue weighted by molar-refractivity contribution is 7.89. The van der Waals surface area contributed by atoms with Gasteiger partial charge in [-0.2, -0.15) is 0 Å². The number of benzene rings is 1. The summed E-state index contributed by atoms with van der Waals surface area (Å²) < 4.78 is 28.7. The predicted molar refractivity (Wildman–Crippen MR) is 124 cm³/mol. The molecule has 1 aliphatic heterocycles. The number of hydrogen-bond acceptors (Lipinski definition) is 6. The number of imide groups is 1. The summed E-state index contributed by atoms with van der Waals surface area (Å²) in [6.45, 7) is 7.72. The second-order valence-electron chi connectivity index (χ2n) is 8.90. The van der Waals surface area contributed by atoms with E-state index in [-0.39, 0.29) is 39.4 Å². The van der Waals surface area contributed by atoms with Crippen molar-refractivity contribution in [2.24, 2.45) is 0 Å². The monoisotopic (exact) mass is 486 g/mol. The fraction of sp³-hybridized carbons (Fsp3) is 0.304. The first-order chi connectivity index (χ1) is 15.4. The lowest BCUT2D eigenvalue weighted by atomic mass is 9.87. The van der Waals surface area contributed by atoms with Gasteiger partial charge in [0.2, 0.25) is 0 Å². The number of rotatable bonds is 4. The molecule has 0 bridgehead atoms. The molecule has 0 spiro atoms. The van der Waals surface area contributed by atoms with Crippen molar-refractivity contribution < 1.29 is 18.0 Å². The maximum absolute atomic E-state index is 13.3. The topological polar surface area (TPSA) is 109 Å². The van der Waals surface area contributed by atoms with Crippen LogP contribution in [-0.4, -0.2) is 35.6 Å². The third kappa shape index (κ3) is 4.06. The minimum Gasteiger partial charge on any atom is -0.279 e. The summed E-state index contributed by atoms with van der Waals surface area (Å²) in [7, 11) is -4.02. The van der Waals surface area contributed by atoms with Gasteiger partial charge >= 0.3 is 0 Å². The number of anilines is 1. The Balaban J connectivity index is 1.68. The number of nitrogens with one attached hydrogen (secondary N) is 1. The number of amides is 2. The second-order valence-corrected chi connectivity index (χ2v) is 11.1. The zero-order valence-electron chi connectivity index (χ0n) is 18.6. The van der Waals surface area contributed by atoms with E-state index < -0.39 is 27.2 Å². The zero-order valence-corrected chi connectivity index (χ0v) is 20.2. The summed E-state index contributed by atoms with van der Waals surface area (Å²) >= 11 is 6.37. The summed E-state index contributed by atoms with van der Waals surface area (Å²) in [5, 5.41) is -0.766. The lowest BCUT2D eigenvalue weighted by Gasteiger charge is -2.20. The molecule has 0 radical (unpaired) electrons. The van der Waals surface area contributed by atoms with Crippen LogP contribution in [0.25, 0.3) is 0 Å². The summed E-state index contributed by atoms with van der Waals surface area (Å²) in [5.41, 5.74) is 1.26. The number of alkyl halides is 1. The summed E-state index contributed by atoms with van der Waals surface area (Å²) in [6.07, 6.45) is 4.54. The fourth-order valence-electron chi connectivity index (χ4n) is 3.78. The largest absolute Gasteiger partial charge is 0.279 e. The molecule has 1 N–H and O–H groups in total. The Morgan fingerprint density at radius 3 is 2.30 bits per heavy atom. The van der Waals surface area contributed by atoms with Crippen molar-refractivity contribution in [1.82, 2.24) is 14.7 Å². The quantitative estimate of drug-likeness (QED) is 0.525. The van der Waals surface area contributed by atoms with Crippen LogP contribution < -0.4 is 9.62 Å². The van der Waals surface area contributed by atoms with Gasteiger partial charge in [0.25, 0.3) is 21.8 Å². The number of aromatic nitrogens is 2. The molecule has 2 amide bonds. The molecule has 1 aromatic heterocycles. The Bertz CT molecular complexity index is 1320. The van der Waals surface area contributed by atoms with Gasteiger partial charge in [0.15, 0.2) is 5.82 Å². The molecular weight excluding hydrogens is 464 g/mol. The van der Waals surface area contributed by atoms with Gasteiger partial charge in [0, 0.05) is 12.4 Å². The molecule has 0 saturated carbocycles. The second kappa shape index (κ2) is 8.07. The molecule has 0 saturated heterocycles. The molecule has 33 heavy (non-hydrogen) atoms. The smallest absolute Gasteiger partial charge is 0.269 e. The van der Waals surface area contributed by atoms with Crippen LogP contribution >= 0.6 is 11.6 Å². The van der Waals surface area contributed by atoms with Gasteiger partial charge in [-0.05, 0) is 36.5 Å². The summed E-state index contributed by atoms with van der Waals surface area (Å²) in [5.74, 6) is -1.23. The molecule has 1 aliphatic carbocycles. The number of nitrogens with zero attached hydrogens (tertiary/aromatic N) is 3. The van der Waals surface area contributed by atoms with Gasteiger partial charge in [0.1, 0.15) is 0 Å². The lowest BCUT2D eigenvalue weighted by Crippen LogP contribution is -2.34. The molecule has 2 aliphatic rings. The number of carbonyl (C=O) groups is 2.